The van der Waals surface area contributed by atoms with Crippen LogP contribution in [0.3, 0.4) is 0 Å². The van der Waals surface area contributed by atoms with Gasteiger partial charge in [0.15, 0.2) is 0 Å². The van der Waals surface area contributed by atoms with Gasteiger partial charge in [-0.1, -0.05) is 65.8 Å². The van der Waals surface area contributed by atoms with Crippen molar-refractivity contribution in [3.8, 4) is 0 Å². The predicted molar refractivity (Wildman–Crippen MR) is 118 cm³/mol. The number of hydrogen-bond donors (Lipinski definition) is 0. The number of benzene rings is 1. The molecule has 0 radical (unpaired) electrons. The lowest BCUT2D eigenvalue weighted by Gasteiger charge is -2.43. The fourth-order valence-corrected chi connectivity index (χ4v) is 3.95. The van der Waals surface area contributed by atoms with Crippen molar-refractivity contribution in [2.75, 3.05) is 14.2 Å². The molecule has 0 heterocycles. The van der Waals surface area contributed by atoms with E-state index in [0.717, 1.165) is 12.2 Å². The summed E-state index contributed by atoms with van der Waals surface area (Å²) in [6, 6.07) is 9.00. The average Bonchev–Trinajstić information content (AvgIpc) is 2.59. The molecule has 2 rings (SSSR count). The molecule has 26 heavy (non-hydrogen) atoms. The molecule has 0 bridgehead atoms. The highest BCUT2D eigenvalue weighted by Gasteiger charge is 2.43. The second kappa shape index (κ2) is 9.20. The minimum absolute atomic E-state index is 0. The zero-order chi connectivity index (χ0) is 18.8. The summed E-state index contributed by atoms with van der Waals surface area (Å²) in [5.74, 6) is 2.25. The van der Waals surface area contributed by atoms with Crippen LogP contribution in [0, 0.1) is 11.8 Å². The quantitative estimate of drug-likeness (QED) is 0.546. The maximum atomic E-state index is 6.20. The van der Waals surface area contributed by atoms with Crippen molar-refractivity contribution in [1.29, 1.82) is 0 Å². The smallest absolute Gasteiger partial charge is 0.118 e. The van der Waals surface area contributed by atoms with Gasteiger partial charge in [-0.25, -0.2) is 0 Å². The van der Waals surface area contributed by atoms with Crippen molar-refractivity contribution in [2.45, 2.75) is 59.5 Å². The molecule has 0 spiro atoms. The Kier molecular flexibility index (Phi) is 8.11. The van der Waals surface area contributed by atoms with E-state index in [2.05, 4.69) is 71.9 Å². The lowest BCUT2D eigenvalue weighted by atomic mass is 9.70. The van der Waals surface area contributed by atoms with Crippen LogP contribution in [0.25, 0.3) is 5.57 Å². The summed E-state index contributed by atoms with van der Waals surface area (Å²) in [6.45, 7) is 13.4. The van der Waals surface area contributed by atoms with Gasteiger partial charge in [-0.3, -0.25) is 0 Å². The topological polar surface area (TPSA) is 18.5 Å². The first-order chi connectivity index (χ1) is 11.8. The van der Waals surface area contributed by atoms with Crippen molar-refractivity contribution < 1.29 is 9.47 Å². The Bertz CT molecular complexity index is 653. The van der Waals surface area contributed by atoms with Crippen molar-refractivity contribution in [1.82, 2.24) is 0 Å². The van der Waals surface area contributed by atoms with Gasteiger partial charge in [0.05, 0.1) is 12.7 Å². The molecule has 1 aliphatic carbocycles. The third-order valence-electron chi connectivity index (χ3n) is 5.51. The van der Waals surface area contributed by atoms with Gasteiger partial charge in [0.1, 0.15) is 5.76 Å². The van der Waals surface area contributed by atoms with E-state index < -0.39 is 0 Å². The lowest BCUT2D eigenvalue weighted by Crippen LogP contribution is -2.41. The van der Waals surface area contributed by atoms with Crippen LogP contribution < -0.4 is 0 Å². The van der Waals surface area contributed by atoms with Crippen LogP contribution in [-0.2, 0) is 9.47 Å². The Morgan fingerprint density at radius 3 is 1.85 bits per heavy atom. The molecule has 2 nitrogen and oxygen atoms in total. The molecule has 0 amide bonds. The van der Waals surface area contributed by atoms with Gasteiger partial charge in [-0.15, -0.1) is 0 Å². The SMILES string of the molecule is COC1=CCC(OC)(C(C)C)C(c2ccc(C(C)C)cc2)=C1C(C)C.P. The Morgan fingerprint density at radius 1 is 0.885 bits per heavy atom. The second-order valence-electron chi connectivity index (χ2n) is 7.95. The highest BCUT2D eigenvalue weighted by atomic mass is 31.0. The molecule has 0 saturated heterocycles. The summed E-state index contributed by atoms with van der Waals surface area (Å²) < 4.78 is 11.9. The zero-order valence-electron chi connectivity index (χ0n) is 17.8. The first-order valence-corrected chi connectivity index (χ1v) is 9.43. The number of methoxy groups -OCH3 is 2. The average molecular weight is 377 g/mol. The Hall–Kier alpha value is -1.11. The zero-order valence-corrected chi connectivity index (χ0v) is 19.3. The monoisotopic (exact) mass is 376 g/mol. The molecular weight excluding hydrogens is 339 g/mol. The van der Waals surface area contributed by atoms with Crippen LogP contribution >= 0.6 is 9.90 Å². The standard InChI is InChI=1S/C23H34O2.H3P/c1-15(2)18-9-11-19(12-10-18)22-21(16(3)4)20(24-7)13-14-23(22,25-8)17(5)6;/h9-13,15-17H,14H2,1-8H3;1H3. The van der Waals surface area contributed by atoms with Crippen molar-refractivity contribution in [3.05, 3.63) is 52.8 Å². The number of rotatable bonds is 6. The maximum Gasteiger partial charge on any atom is 0.118 e. The van der Waals surface area contributed by atoms with Gasteiger partial charge in [0.2, 0.25) is 0 Å². The third-order valence-corrected chi connectivity index (χ3v) is 5.51. The fourth-order valence-electron chi connectivity index (χ4n) is 3.95. The van der Waals surface area contributed by atoms with Gasteiger partial charge in [0.25, 0.3) is 0 Å². The summed E-state index contributed by atoms with van der Waals surface area (Å²) in [5.41, 5.74) is 4.84. The molecule has 146 valence electrons. The van der Waals surface area contributed by atoms with Crippen molar-refractivity contribution >= 4 is 15.5 Å². The molecule has 1 aromatic rings. The molecular formula is C23H37O2P. The van der Waals surface area contributed by atoms with Crippen LogP contribution in [0.1, 0.15) is 65.0 Å². The van der Waals surface area contributed by atoms with Gasteiger partial charge >= 0.3 is 0 Å². The Labute approximate surface area is 163 Å². The van der Waals surface area contributed by atoms with Crippen molar-refractivity contribution in [3.63, 3.8) is 0 Å². The molecule has 2 atom stereocenters. The maximum absolute atomic E-state index is 6.20. The highest BCUT2D eigenvalue weighted by molar-refractivity contribution is 6.92. The van der Waals surface area contributed by atoms with Gasteiger partial charge in [0, 0.05) is 19.1 Å². The van der Waals surface area contributed by atoms with Crippen LogP contribution in [0.2, 0.25) is 0 Å². The lowest BCUT2D eigenvalue weighted by molar-refractivity contribution is 0.00228. The molecule has 3 heteroatoms. The van der Waals surface area contributed by atoms with Crippen LogP contribution in [0.4, 0.5) is 0 Å². The molecule has 1 aliphatic rings. The summed E-state index contributed by atoms with van der Waals surface area (Å²) in [4.78, 5) is 0. The van der Waals surface area contributed by atoms with E-state index in [4.69, 9.17) is 9.47 Å². The van der Waals surface area contributed by atoms with E-state index in [0.29, 0.717) is 17.8 Å². The largest absolute Gasteiger partial charge is 0.497 e. The molecule has 0 aliphatic heterocycles. The predicted octanol–water partition coefficient (Wildman–Crippen LogP) is 6.25. The van der Waals surface area contributed by atoms with E-state index >= 15 is 0 Å². The molecule has 0 N–H and O–H groups in total. The van der Waals surface area contributed by atoms with Crippen LogP contribution in [0.5, 0.6) is 0 Å². The minimum atomic E-state index is -0.318. The Morgan fingerprint density at radius 2 is 1.46 bits per heavy atom. The Balaban J connectivity index is 0.00000338. The minimum Gasteiger partial charge on any atom is -0.497 e. The molecule has 0 aromatic heterocycles. The van der Waals surface area contributed by atoms with Crippen molar-refractivity contribution in [2.24, 2.45) is 11.8 Å². The van der Waals surface area contributed by atoms with Crippen LogP contribution in [-0.4, -0.2) is 19.8 Å². The summed E-state index contributed by atoms with van der Waals surface area (Å²) in [6.07, 6.45) is 3.03. The molecule has 0 saturated carbocycles. The van der Waals surface area contributed by atoms with Crippen LogP contribution in [0.15, 0.2) is 41.7 Å². The molecule has 2 unspecified atom stereocenters. The highest BCUT2D eigenvalue weighted by Crippen LogP contribution is 2.48. The van der Waals surface area contributed by atoms with E-state index in [1.54, 1.807) is 7.11 Å². The van der Waals surface area contributed by atoms with E-state index in [1.807, 2.05) is 7.11 Å². The van der Waals surface area contributed by atoms with Gasteiger partial charge < -0.3 is 9.47 Å². The first-order valence-electron chi connectivity index (χ1n) is 9.43. The van der Waals surface area contributed by atoms with E-state index in [1.165, 1.54) is 22.3 Å². The number of ether oxygens (including phenoxy) is 2. The fraction of sp³-hybridized carbons (Fsp3) is 0.565. The second-order valence-corrected chi connectivity index (χ2v) is 7.95. The number of allylic oxidation sites excluding steroid dienone is 1. The van der Waals surface area contributed by atoms with E-state index in [-0.39, 0.29) is 15.5 Å². The normalized spacial score (nSPS) is 20.5. The summed E-state index contributed by atoms with van der Waals surface area (Å²) in [5, 5.41) is 0. The summed E-state index contributed by atoms with van der Waals surface area (Å²) >= 11 is 0. The molecule has 0 fully saturated rings. The third kappa shape index (κ3) is 4.07. The first kappa shape index (κ1) is 22.9. The summed E-state index contributed by atoms with van der Waals surface area (Å²) in [7, 11) is 3.61. The van der Waals surface area contributed by atoms with Gasteiger partial charge in [-0.2, -0.15) is 9.90 Å². The molecule has 1 aromatic carbocycles. The van der Waals surface area contributed by atoms with E-state index in [9.17, 15) is 0 Å². The van der Waals surface area contributed by atoms with Gasteiger partial charge in [-0.05, 0) is 40.5 Å². The number of hydrogen-bond acceptors (Lipinski definition) is 2.